The Bertz CT molecular complexity index is 390. The van der Waals surface area contributed by atoms with Gasteiger partial charge < -0.3 is 10.7 Å². The molecule has 1 atom stereocenters. The van der Waals surface area contributed by atoms with Gasteiger partial charge >= 0.3 is 0 Å². The van der Waals surface area contributed by atoms with Crippen molar-refractivity contribution >= 4 is 11.6 Å². The summed E-state index contributed by atoms with van der Waals surface area (Å²) in [6.07, 6.45) is 5.21. The molecule has 0 bridgehead atoms. The van der Waals surface area contributed by atoms with Gasteiger partial charge in [0, 0.05) is 18.4 Å². The smallest absolute Gasteiger partial charge is 0.255 e. The normalized spacial score (nSPS) is 12.3. The van der Waals surface area contributed by atoms with Crippen molar-refractivity contribution in [3.05, 3.63) is 24.0 Å². The maximum absolute atomic E-state index is 12.1. The molecule has 0 radical (unpaired) electrons. The van der Waals surface area contributed by atoms with Crippen LogP contribution in [0, 0.1) is 5.92 Å². The van der Waals surface area contributed by atoms with Gasteiger partial charge in [-0.15, -0.1) is 0 Å². The predicted molar refractivity (Wildman–Crippen MR) is 73.0 cm³/mol. The SMILES string of the molecule is CCC(CC)C(C)NC(=O)c1cnccc1NN. The van der Waals surface area contributed by atoms with Crippen LogP contribution in [0.25, 0.3) is 0 Å². The molecule has 5 heteroatoms. The Balaban J connectivity index is 2.76. The number of hydrazine groups is 1. The lowest BCUT2D eigenvalue weighted by atomic mass is 9.95. The monoisotopic (exact) mass is 250 g/mol. The van der Waals surface area contributed by atoms with Gasteiger partial charge in [0.05, 0.1) is 11.3 Å². The number of hydrogen-bond acceptors (Lipinski definition) is 4. The molecule has 1 aromatic rings. The molecule has 1 heterocycles. The highest BCUT2D eigenvalue weighted by molar-refractivity contribution is 5.99. The van der Waals surface area contributed by atoms with E-state index in [1.165, 1.54) is 6.20 Å². The molecule has 0 saturated heterocycles. The van der Waals surface area contributed by atoms with Crippen molar-refractivity contribution in [1.82, 2.24) is 10.3 Å². The Kier molecular flexibility index (Phi) is 5.58. The second kappa shape index (κ2) is 6.96. The van der Waals surface area contributed by atoms with Gasteiger partial charge in [-0.05, 0) is 18.9 Å². The molecule has 1 aromatic heterocycles. The van der Waals surface area contributed by atoms with Gasteiger partial charge in [-0.2, -0.15) is 0 Å². The summed E-state index contributed by atoms with van der Waals surface area (Å²) in [5, 5.41) is 3.00. The topological polar surface area (TPSA) is 80.0 Å². The van der Waals surface area contributed by atoms with Crippen molar-refractivity contribution < 1.29 is 4.79 Å². The van der Waals surface area contributed by atoms with Crippen molar-refractivity contribution in [2.24, 2.45) is 11.8 Å². The molecule has 0 aliphatic rings. The van der Waals surface area contributed by atoms with Crippen LogP contribution >= 0.6 is 0 Å². The first-order valence-electron chi connectivity index (χ1n) is 6.35. The molecule has 0 aliphatic carbocycles. The van der Waals surface area contributed by atoms with Gasteiger partial charge in [-0.25, -0.2) is 0 Å². The molecule has 0 aliphatic heterocycles. The van der Waals surface area contributed by atoms with Gasteiger partial charge in [0.2, 0.25) is 0 Å². The van der Waals surface area contributed by atoms with E-state index in [9.17, 15) is 4.79 Å². The number of anilines is 1. The highest BCUT2D eigenvalue weighted by atomic mass is 16.1. The van der Waals surface area contributed by atoms with Gasteiger partial charge in [0.1, 0.15) is 0 Å². The standard InChI is InChI=1S/C13H22N4O/c1-4-10(5-2)9(3)16-13(18)11-8-15-7-6-12(11)17-14/h6-10H,4-5,14H2,1-3H3,(H,15,17)(H,16,18). The predicted octanol–water partition coefficient (Wildman–Crippen LogP) is 1.92. The first-order chi connectivity index (χ1) is 8.63. The molecule has 5 nitrogen and oxygen atoms in total. The van der Waals surface area contributed by atoms with Crippen LogP contribution in [0.3, 0.4) is 0 Å². The number of pyridine rings is 1. The lowest BCUT2D eigenvalue weighted by Crippen LogP contribution is -2.38. The van der Waals surface area contributed by atoms with Crippen molar-refractivity contribution in [2.75, 3.05) is 5.43 Å². The molecule has 100 valence electrons. The Hall–Kier alpha value is -1.62. The summed E-state index contributed by atoms with van der Waals surface area (Å²) in [5.74, 6) is 5.72. The number of nitrogens with zero attached hydrogens (tertiary/aromatic N) is 1. The molecule has 0 fully saturated rings. The van der Waals surface area contributed by atoms with Crippen molar-refractivity contribution in [1.29, 1.82) is 0 Å². The fraction of sp³-hybridized carbons (Fsp3) is 0.538. The van der Waals surface area contributed by atoms with E-state index in [-0.39, 0.29) is 11.9 Å². The van der Waals surface area contributed by atoms with Crippen molar-refractivity contribution in [2.45, 2.75) is 39.7 Å². The summed E-state index contributed by atoms with van der Waals surface area (Å²) in [4.78, 5) is 16.1. The third kappa shape index (κ3) is 3.43. The van der Waals surface area contributed by atoms with Gasteiger partial charge in [-0.1, -0.05) is 26.7 Å². The van der Waals surface area contributed by atoms with Crippen LogP contribution < -0.4 is 16.6 Å². The Morgan fingerprint density at radius 3 is 2.67 bits per heavy atom. The molecule has 1 unspecified atom stereocenters. The summed E-state index contributed by atoms with van der Waals surface area (Å²) < 4.78 is 0. The van der Waals surface area contributed by atoms with E-state index in [1.807, 2.05) is 6.92 Å². The fourth-order valence-electron chi connectivity index (χ4n) is 2.10. The quantitative estimate of drug-likeness (QED) is 0.532. The Labute approximate surface area is 108 Å². The summed E-state index contributed by atoms with van der Waals surface area (Å²) in [5.41, 5.74) is 3.56. The number of nitrogens with one attached hydrogen (secondary N) is 2. The Morgan fingerprint density at radius 1 is 1.44 bits per heavy atom. The molecule has 1 rings (SSSR count). The molecular formula is C13H22N4O. The van der Waals surface area contributed by atoms with E-state index in [2.05, 4.69) is 29.6 Å². The van der Waals surface area contributed by atoms with Crippen molar-refractivity contribution in [3.63, 3.8) is 0 Å². The maximum atomic E-state index is 12.1. The average molecular weight is 250 g/mol. The lowest BCUT2D eigenvalue weighted by molar-refractivity contribution is 0.0925. The number of aromatic nitrogens is 1. The minimum atomic E-state index is -0.143. The highest BCUT2D eigenvalue weighted by Gasteiger charge is 2.18. The zero-order valence-electron chi connectivity index (χ0n) is 11.2. The molecule has 0 saturated carbocycles. The van der Waals surface area contributed by atoms with Crippen LogP contribution in [-0.4, -0.2) is 16.9 Å². The van der Waals surface area contributed by atoms with Crippen LogP contribution in [0.15, 0.2) is 18.5 Å². The van der Waals surface area contributed by atoms with Crippen LogP contribution in [0.1, 0.15) is 44.0 Å². The molecular weight excluding hydrogens is 228 g/mol. The number of carbonyl (C=O) groups excluding carboxylic acids is 1. The van der Waals surface area contributed by atoms with E-state index >= 15 is 0 Å². The molecule has 0 spiro atoms. The van der Waals surface area contributed by atoms with Crippen LogP contribution in [0.5, 0.6) is 0 Å². The summed E-state index contributed by atoms with van der Waals surface area (Å²) in [6.45, 7) is 6.29. The number of nitrogen functional groups attached to an aromatic ring is 1. The van der Waals surface area contributed by atoms with E-state index in [0.717, 1.165) is 12.8 Å². The number of carbonyl (C=O) groups is 1. The first-order valence-corrected chi connectivity index (χ1v) is 6.35. The fourth-order valence-corrected chi connectivity index (χ4v) is 2.10. The van der Waals surface area contributed by atoms with Crippen LogP contribution in [-0.2, 0) is 0 Å². The van der Waals surface area contributed by atoms with E-state index in [1.54, 1.807) is 12.3 Å². The molecule has 18 heavy (non-hydrogen) atoms. The van der Waals surface area contributed by atoms with Gasteiger partial charge in [0.15, 0.2) is 0 Å². The van der Waals surface area contributed by atoms with Crippen molar-refractivity contribution in [3.8, 4) is 0 Å². The lowest BCUT2D eigenvalue weighted by Gasteiger charge is -2.22. The Morgan fingerprint density at radius 2 is 2.11 bits per heavy atom. The zero-order chi connectivity index (χ0) is 13.5. The molecule has 0 aromatic carbocycles. The minimum absolute atomic E-state index is 0.137. The van der Waals surface area contributed by atoms with E-state index in [4.69, 9.17) is 5.84 Å². The number of hydrogen-bond donors (Lipinski definition) is 3. The summed E-state index contributed by atoms with van der Waals surface area (Å²) in [7, 11) is 0. The number of nitrogens with two attached hydrogens (primary N) is 1. The van der Waals surface area contributed by atoms with Crippen LogP contribution in [0.4, 0.5) is 5.69 Å². The summed E-state index contributed by atoms with van der Waals surface area (Å²) >= 11 is 0. The largest absolute Gasteiger partial charge is 0.349 e. The number of amides is 1. The number of rotatable bonds is 6. The van der Waals surface area contributed by atoms with Gasteiger partial charge in [0.25, 0.3) is 5.91 Å². The minimum Gasteiger partial charge on any atom is -0.349 e. The molecule has 4 N–H and O–H groups in total. The maximum Gasteiger partial charge on any atom is 0.255 e. The van der Waals surface area contributed by atoms with E-state index < -0.39 is 0 Å². The van der Waals surface area contributed by atoms with Gasteiger partial charge in [-0.3, -0.25) is 15.6 Å². The van der Waals surface area contributed by atoms with E-state index in [0.29, 0.717) is 17.2 Å². The average Bonchev–Trinajstić information content (AvgIpc) is 2.40. The third-order valence-corrected chi connectivity index (χ3v) is 3.34. The first kappa shape index (κ1) is 14.4. The molecule has 1 amide bonds. The highest BCUT2D eigenvalue weighted by Crippen LogP contribution is 2.15. The second-order valence-electron chi connectivity index (χ2n) is 4.40. The van der Waals surface area contributed by atoms with Crippen LogP contribution in [0.2, 0.25) is 0 Å². The second-order valence-corrected chi connectivity index (χ2v) is 4.40. The zero-order valence-corrected chi connectivity index (χ0v) is 11.2. The third-order valence-electron chi connectivity index (χ3n) is 3.34. The summed E-state index contributed by atoms with van der Waals surface area (Å²) in [6, 6.07) is 1.81.